The predicted octanol–water partition coefficient (Wildman–Crippen LogP) is 1.84. The molecule has 12 heteroatoms. The molecule has 1 aliphatic carbocycles. The summed E-state index contributed by atoms with van der Waals surface area (Å²) in [5.74, 6) is -5.29. The van der Waals surface area contributed by atoms with E-state index in [0.29, 0.717) is 18.4 Å². The van der Waals surface area contributed by atoms with Gasteiger partial charge in [-0.2, -0.15) is 5.26 Å². The summed E-state index contributed by atoms with van der Waals surface area (Å²) in [5, 5.41) is 23.3. The molecule has 192 valence electrons. The Labute approximate surface area is 206 Å². The van der Waals surface area contributed by atoms with E-state index in [2.05, 4.69) is 16.1 Å². The second-order valence-electron chi connectivity index (χ2n) is 9.53. The first kappa shape index (κ1) is 25.4. The zero-order valence-electron chi connectivity index (χ0n) is 19.4. The van der Waals surface area contributed by atoms with Crippen LogP contribution in [0, 0.1) is 11.3 Å². The number of hydrogen-bond donors (Lipinski definition) is 4. The Morgan fingerprint density at radius 3 is 2.42 bits per heavy atom. The van der Waals surface area contributed by atoms with Crippen LogP contribution >= 0.6 is 0 Å². The molecule has 3 amide bonds. The van der Waals surface area contributed by atoms with E-state index in [9.17, 15) is 28.4 Å². The number of rotatable bonds is 8. The topological polar surface area (TPSA) is 144 Å². The van der Waals surface area contributed by atoms with Gasteiger partial charge in [-0.25, -0.2) is 18.4 Å². The lowest BCUT2D eigenvalue weighted by atomic mass is 9.91. The summed E-state index contributed by atoms with van der Waals surface area (Å²) >= 11 is 0. The molecule has 4 rings (SSSR count). The van der Waals surface area contributed by atoms with Gasteiger partial charge in [-0.05, 0) is 24.5 Å². The van der Waals surface area contributed by atoms with Gasteiger partial charge in [0.15, 0.2) is 0 Å². The molecule has 2 fully saturated rings. The van der Waals surface area contributed by atoms with E-state index in [4.69, 9.17) is 9.94 Å². The molecule has 1 atom stereocenters. The Morgan fingerprint density at radius 1 is 1.19 bits per heavy atom. The van der Waals surface area contributed by atoms with Gasteiger partial charge in [-0.3, -0.25) is 15.1 Å². The minimum Gasteiger partial charge on any atom is -0.477 e. The molecule has 1 aromatic rings. The van der Waals surface area contributed by atoms with Gasteiger partial charge in [0.1, 0.15) is 22.9 Å². The van der Waals surface area contributed by atoms with Crippen LogP contribution < -0.4 is 16.1 Å². The minimum absolute atomic E-state index is 0.0863. The number of carbonyl (C=O) groups excluding carboxylic acids is 2. The van der Waals surface area contributed by atoms with Crippen LogP contribution in [0.5, 0.6) is 0 Å². The summed E-state index contributed by atoms with van der Waals surface area (Å²) in [6.45, 7) is 0.321. The van der Waals surface area contributed by atoms with Gasteiger partial charge >= 0.3 is 12.0 Å². The first-order chi connectivity index (χ1) is 17.0. The van der Waals surface area contributed by atoms with E-state index in [-0.39, 0.29) is 31.6 Å². The van der Waals surface area contributed by atoms with Crippen LogP contribution in [0.4, 0.5) is 13.6 Å². The fraction of sp³-hybridized carbons (Fsp3) is 0.500. The molecule has 0 radical (unpaired) electrons. The molecular formula is C24H27F2N5O5. The summed E-state index contributed by atoms with van der Waals surface area (Å²) in [7, 11) is 0. The third kappa shape index (κ3) is 5.91. The maximum Gasteiger partial charge on any atom is 0.354 e. The fourth-order valence-electron chi connectivity index (χ4n) is 4.35. The molecule has 36 heavy (non-hydrogen) atoms. The van der Waals surface area contributed by atoms with E-state index in [1.165, 1.54) is 11.0 Å². The Morgan fingerprint density at radius 2 is 1.86 bits per heavy atom. The molecule has 1 aromatic carbocycles. The average molecular weight is 504 g/mol. The number of carboxylic acid groups (broad SMARTS) is 1. The van der Waals surface area contributed by atoms with Crippen LogP contribution in [0.1, 0.15) is 37.7 Å². The van der Waals surface area contributed by atoms with E-state index in [1.54, 1.807) is 30.3 Å². The zero-order chi connectivity index (χ0) is 26.0. The lowest BCUT2D eigenvalue weighted by Gasteiger charge is -2.37. The van der Waals surface area contributed by atoms with Crippen molar-refractivity contribution < 1.29 is 33.1 Å². The molecule has 0 unspecified atom stereocenters. The van der Waals surface area contributed by atoms with Crippen LogP contribution in [0.25, 0.3) is 0 Å². The average Bonchev–Trinajstić information content (AvgIpc) is 3.49. The van der Waals surface area contributed by atoms with Crippen LogP contribution in [0.3, 0.4) is 0 Å². The molecule has 3 aliphatic rings. The van der Waals surface area contributed by atoms with Crippen molar-refractivity contribution in [1.82, 2.24) is 21.0 Å². The summed E-state index contributed by atoms with van der Waals surface area (Å²) < 4.78 is 29.9. The number of nitrogens with one attached hydrogen (secondary N) is 3. The monoisotopic (exact) mass is 503 g/mol. The summed E-state index contributed by atoms with van der Waals surface area (Å²) in [6.07, 6.45) is 1.32. The number of nitrogens with zero attached hydrogens (tertiary/aromatic N) is 2. The molecule has 4 N–H and O–H groups in total. The number of alkyl halides is 2. The lowest BCUT2D eigenvalue weighted by molar-refractivity contribution is -0.135. The van der Waals surface area contributed by atoms with Crippen molar-refractivity contribution in [1.29, 1.82) is 5.26 Å². The fourth-order valence-corrected chi connectivity index (χ4v) is 4.35. The number of carbonyl (C=O) groups is 3. The number of hydrogen-bond acceptors (Lipinski definition) is 6. The molecule has 1 saturated heterocycles. The van der Waals surface area contributed by atoms with E-state index >= 15 is 0 Å². The van der Waals surface area contributed by atoms with Crippen molar-refractivity contribution in [2.24, 2.45) is 0 Å². The van der Waals surface area contributed by atoms with Gasteiger partial charge in [-0.1, -0.05) is 30.3 Å². The van der Waals surface area contributed by atoms with Gasteiger partial charge in [0.2, 0.25) is 5.91 Å². The Bertz CT molecular complexity index is 1090. The highest BCUT2D eigenvalue weighted by Crippen LogP contribution is 2.35. The van der Waals surface area contributed by atoms with E-state index in [0.717, 1.165) is 0 Å². The molecule has 1 spiro atoms. The van der Waals surface area contributed by atoms with Crippen molar-refractivity contribution in [3.8, 4) is 6.07 Å². The Balaban J connectivity index is 1.41. The molecule has 2 aliphatic heterocycles. The van der Waals surface area contributed by atoms with Crippen LogP contribution in [-0.4, -0.2) is 64.1 Å². The summed E-state index contributed by atoms with van der Waals surface area (Å²) in [5.41, 5.74) is 0.717. The van der Waals surface area contributed by atoms with Gasteiger partial charge in [0.05, 0.1) is 6.07 Å². The second kappa shape index (κ2) is 9.73. The Kier molecular flexibility index (Phi) is 6.86. The minimum atomic E-state index is -3.30. The van der Waals surface area contributed by atoms with E-state index in [1.807, 2.05) is 6.07 Å². The third-order valence-corrected chi connectivity index (χ3v) is 6.65. The number of nitriles is 1. The van der Waals surface area contributed by atoms with Gasteiger partial charge < -0.3 is 20.6 Å². The molecule has 2 heterocycles. The molecule has 1 saturated carbocycles. The highest BCUT2D eigenvalue weighted by molar-refractivity contribution is 5.88. The normalized spacial score (nSPS) is 20.5. The number of aliphatic carboxylic acids is 1. The van der Waals surface area contributed by atoms with E-state index < -0.39 is 53.9 Å². The number of piperidine rings is 1. The second-order valence-corrected chi connectivity index (χ2v) is 9.53. The third-order valence-electron chi connectivity index (χ3n) is 6.65. The van der Waals surface area contributed by atoms with Crippen molar-refractivity contribution in [2.75, 3.05) is 13.1 Å². The number of likely N-dealkylation sites (tertiary alicyclic amines) is 1. The number of benzene rings is 1. The predicted molar refractivity (Wildman–Crippen MR) is 121 cm³/mol. The van der Waals surface area contributed by atoms with Gasteiger partial charge in [-0.15, -0.1) is 0 Å². The maximum atomic E-state index is 15.0. The van der Waals surface area contributed by atoms with Crippen molar-refractivity contribution in [3.05, 3.63) is 47.7 Å². The summed E-state index contributed by atoms with van der Waals surface area (Å²) in [4.78, 5) is 43.8. The van der Waals surface area contributed by atoms with Gasteiger partial charge in [0.25, 0.3) is 5.92 Å². The number of hydroxylamine groups is 1. The molecule has 0 aromatic heterocycles. The first-order valence-corrected chi connectivity index (χ1v) is 11.7. The van der Waals surface area contributed by atoms with Crippen molar-refractivity contribution >= 4 is 17.9 Å². The lowest BCUT2D eigenvalue weighted by Crippen LogP contribution is -2.57. The zero-order valence-corrected chi connectivity index (χ0v) is 19.4. The smallest absolute Gasteiger partial charge is 0.354 e. The Hall–Kier alpha value is -3.72. The first-order valence-electron chi connectivity index (χ1n) is 11.7. The summed E-state index contributed by atoms with van der Waals surface area (Å²) in [6, 6.07) is 7.85. The van der Waals surface area contributed by atoms with Crippen molar-refractivity contribution in [3.63, 3.8) is 0 Å². The van der Waals surface area contributed by atoms with Crippen LogP contribution in [-0.2, 0) is 20.8 Å². The largest absolute Gasteiger partial charge is 0.477 e. The highest BCUT2D eigenvalue weighted by Gasteiger charge is 2.47. The maximum absolute atomic E-state index is 15.0. The SMILES string of the molecule is N#CC1(NC(=O)[C@H](CC(F)(F)Cc2ccccc2)NC(=O)N2CCC3(C=C(C(=O)O)NO3)CC2)CC1. The number of amides is 3. The number of urea groups is 1. The van der Waals surface area contributed by atoms with Crippen molar-refractivity contribution in [2.45, 2.75) is 61.6 Å². The van der Waals surface area contributed by atoms with Gasteiger partial charge in [0, 0.05) is 38.8 Å². The molecule has 10 nitrogen and oxygen atoms in total. The van der Waals surface area contributed by atoms with Crippen LogP contribution in [0.2, 0.25) is 0 Å². The quantitative estimate of drug-likeness (QED) is 0.424. The number of carboxylic acids is 1. The standard InChI is InChI=1S/C24H27F2N5O5/c25-24(26,12-16-4-2-1-3-5-16)14-17(19(32)29-22(15-27)6-7-22)28-21(35)31-10-8-23(9-11-31)13-18(20(33)34)30-36-23/h1-5,13,17,30H,6-12,14H2,(H,28,35)(H,29,32)(H,33,34)/t17-/m0/s1. The molecule has 0 bridgehead atoms. The molecular weight excluding hydrogens is 476 g/mol. The van der Waals surface area contributed by atoms with Crippen LogP contribution in [0.15, 0.2) is 42.1 Å². The highest BCUT2D eigenvalue weighted by atomic mass is 19.3. The number of halogens is 2.